The van der Waals surface area contributed by atoms with Crippen molar-refractivity contribution in [3.8, 4) is 0 Å². The summed E-state index contributed by atoms with van der Waals surface area (Å²) < 4.78 is 1.91. The van der Waals surface area contributed by atoms with Crippen molar-refractivity contribution in [2.24, 2.45) is 11.8 Å². The van der Waals surface area contributed by atoms with E-state index in [1.54, 1.807) is 6.20 Å². The van der Waals surface area contributed by atoms with E-state index in [9.17, 15) is 5.11 Å². The van der Waals surface area contributed by atoms with Crippen LogP contribution in [0.2, 0.25) is 0 Å². The summed E-state index contributed by atoms with van der Waals surface area (Å²) in [6, 6.07) is 1.95. The highest BCUT2D eigenvalue weighted by atomic mass is 16.3. The molecule has 2 rings (SSSR count). The second-order valence-electron chi connectivity index (χ2n) is 4.86. The van der Waals surface area contributed by atoms with Crippen LogP contribution in [0.1, 0.15) is 51.3 Å². The largest absolute Gasteiger partial charge is 0.387 e. The zero-order valence-corrected chi connectivity index (χ0v) is 10.3. The highest BCUT2D eigenvalue weighted by molar-refractivity contribution is 5.06. The van der Waals surface area contributed by atoms with Crippen molar-refractivity contribution in [2.45, 2.75) is 52.2 Å². The maximum atomic E-state index is 10.4. The second kappa shape index (κ2) is 5.00. The molecule has 3 heteroatoms. The molecule has 90 valence electrons. The van der Waals surface area contributed by atoms with E-state index in [1.165, 1.54) is 19.3 Å². The van der Waals surface area contributed by atoms with E-state index < -0.39 is 0 Å². The molecule has 1 aromatic rings. The van der Waals surface area contributed by atoms with Crippen molar-refractivity contribution in [3.63, 3.8) is 0 Å². The molecule has 1 aromatic heterocycles. The van der Waals surface area contributed by atoms with Gasteiger partial charge in [-0.3, -0.25) is 4.68 Å². The van der Waals surface area contributed by atoms with Crippen molar-refractivity contribution in [1.29, 1.82) is 0 Å². The minimum absolute atomic E-state index is 0.320. The van der Waals surface area contributed by atoms with Crippen molar-refractivity contribution in [3.05, 3.63) is 18.0 Å². The van der Waals surface area contributed by atoms with E-state index in [4.69, 9.17) is 0 Å². The summed E-state index contributed by atoms with van der Waals surface area (Å²) in [7, 11) is 0. The Morgan fingerprint density at radius 3 is 2.94 bits per heavy atom. The van der Waals surface area contributed by atoms with Crippen LogP contribution >= 0.6 is 0 Å². The fourth-order valence-corrected chi connectivity index (χ4v) is 2.87. The molecule has 1 aliphatic carbocycles. The lowest BCUT2D eigenvalue weighted by atomic mass is 9.96. The number of aromatic nitrogens is 2. The Morgan fingerprint density at radius 2 is 2.31 bits per heavy atom. The van der Waals surface area contributed by atoms with Gasteiger partial charge in [-0.15, -0.1) is 0 Å². The average Bonchev–Trinajstić information content (AvgIpc) is 2.96. The minimum Gasteiger partial charge on any atom is -0.387 e. The van der Waals surface area contributed by atoms with Crippen LogP contribution in [0, 0.1) is 11.8 Å². The van der Waals surface area contributed by atoms with Gasteiger partial charge in [0.1, 0.15) is 0 Å². The Kier molecular flexibility index (Phi) is 3.64. The molecule has 0 saturated heterocycles. The molecule has 0 bridgehead atoms. The van der Waals surface area contributed by atoms with Crippen LogP contribution in [0.5, 0.6) is 0 Å². The molecule has 0 aliphatic heterocycles. The molecule has 3 nitrogen and oxygen atoms in total. The maximum Gasteiger partial charge on any atom is 0.0984 e. The van der Waals surface area contributed by atoms with Gasteiger partial charge in [-0.1, -0.05) is 19.8 Å². The van der Waals surface area contributed by atoms with Crippen LogP contribution in [0.4, 0.5) is 0 Å². The Balaban J connectivity index is 2.05. The lowest BCUT2D eigenvalue weighted by Crippen LogP contribution is -2.15. The summed E-state index contributed by atoms with van der Waals surface area (Å²) >= 11 is 0. The molecule has 1 fully saturated rings. The number of aliphatic hydroxyl groups excluding tert-OH is 1. The quantitative estimate of drug-likeness (QED) is 0.850. The fraction of sp³-hybridized carbons (Fsp3) is 0.769. The smallest absolute Gasteiger partial charge is 0.0984 e. The molecule has 16 heavy (non-hydrogen) atoms. The zero-order chi connectivity index (χ0) is 11.5. The Bertz CT molecular complexity index is 334. The van der Waals surface area contributed by atoms with Crippen LogP contribution in [0.25, 0.3) is 0 Å². The molecule has 0 amide bonds. The third kappa shape index (κ3) is 2.14. The lowest BCUT2D eigenvalue weighted by Gasteiger charge is -2.19. The molecule has 0 spiro atoms. The minimum atomic E-state index is -0.320. The molecular formula is C13H22N2O. The van der Waals surface area contributed by atoms with Crippen LogP contribution in [-0.4, -0.2) is 14.9 Å². The first-order valence-corrected chi connectivity index (χ1v) is 6.46. The van der Waals surface area contributed by atoms with Gasteiger partial charge in [0.15, 0.2) is 0 Å². The van der Waals surface area contributed by atoms with Gasteiger partial charge in [0, 0.05) is 12.7 Å². The Morgan fingerprint density at radius 1 is 1.50 bits per heavy atom. The summed E-state index contributed by atoms with van der Waals surface area (Å²) in [6.07, 6.45) is 6.32. The van der Waals surface area contributed by atoms with Gasteiger partial charge < -0.3 is 5.11 Å². The van der Waals surface area contributed by atoms with Crippen molar-refractivity contribution < 1.29 is 5.11 Å². The molecule has 1 heterocycles. The summed E-state index contributed by atoms with van der Waals surface area (Å²) in [5, 5.41) is 14.6. The number of hydrogen-bond acceptors (Lipinski definition) is 2. The number of hydrogen-bond donors (Lipinski definition) is 1. The topological polar surface area (TPSA) is 38.1 Å². The van der Waals surface area contributed by atoms with E-state index in [2.05, 4.69) is 18.9 Å². The van der Waals surface area contributed by atoms with Gasteiger partial charge >= 0.3 is 0 Å². The zero-order valence-electron chi connectivity index (χ0n) is 10.3. The first-order chi connectivity index (χ1) is 7.76. The molecule has 1 saturated carbocycles. The van der Waals surface area contributed by atoms with E-state index in [-0.39, 0.29) is 6.10 Å². The van der Waals surface area contributed by atoms with Crippen molar-refractivity contribution in [2.75, 3.05) is 0 Å². The van der Waals surface area contributed by atoms with E-state index in [0.717, 1.165) is 24.6 Å². The molecule has 0 radical (unpaired) electrons. The first-order valence-electron chi connectivity index (χ1n) is 6.46. The molecule has 1 N–H and O–H groups in total. The maximum absolute atomic E-state index is 10.4. The standard InChI is InChI=1S/C13H22N2O/c1-3-10-5-6-11(9-10)13(16)12-7-8-14-15(12)4-2/h7-8,10-11,13,16H,3-6,9H2,1-2H3. The SMILES string of the molecule is CCC1CCC(C(O)c2ccnn2CC)C1. The third-order valence-corrected chi connectivity index (χ3v) is 3.96. The number of rotatable bonds is 4. The molecular weight excluding hydrogens is 200 g/mol. The normalized spacial score (nSPS) is 27.2. The van der Waals surface area contributed by atoms with Gasteiger partial charge in [-0.25, -0.2) is 0 Å². The highest BCUT2D eigenvalue weighted by Gasteiger charge is 2.31. The van der Waals surface area contributed by atoms with Gasteiger partial charge in [0.2, 0.25) is 0 Å². The third-order valence-electron chi connectivity index (χ3n) is 3.96. The van der Waals surface area contributed by atoms with Gasteiger partial charge in [0.25, 0.3) is 0 Å². The average molecular weight is 222 g/mol. The van der Waals surface area contributed by atoms with Crippen molar-refractivity contribution in [1.82, 2.24) is 9.78 Å². The predicted molar refractivity (Wildman–Crippen MR) is 64.0 cm³/mol. The first kappa shape index (κ1) is 11.6. The summed E-state index contributed by atoms with van der Waals surface area (Å²) in [5.41, 5.74) is 0.990. The Hall–Kier alpha value is -0.830. The summed E-state index contributed by atoms with van der Waals surface area (Å²) in [5.74, 6) is 1.25. The van der Waals surface area contributed by atoms with Gasteiger partial charge in [0.05, 0.1) is 11.8 Å². The molecule has 0 aromatic carbocycles. The molecule has 3 unspecified atom stereocenters. The fourth-order valence-electron chi connectivity index (χ4n) is 2.87. The molecule has 1 aliphatic rings. The van der Waals surface area contributed by atoms with Crippen LogP contribution < -0.4 is 0 Å². The monoisotopic (exact) mass is 222 g/mol. The summed E-state index contributed by atoms with van der Waals surface area (Å²) in [6.45, 7) is 5.14. The van der Waals surface area contributed by atoms with Gasteiger partial charge in [-0.2, -0.15) is 5.10 Å². The van der Waals surface area contributed by atoms with Gasteiger partial charge in [-0.05, 0) is 37.7 Å². The Labute approximate surface area is 97.5 Å². The van der Waals surface area contributed by atoms with Crippen LogP contribution in [0.3, 0.4) is 0 Å². The highest BCUT2D eigenvalue weighted by Crippen LogP contribution is 2.40. The van der Waals surface area contributed by atoms with E-state index >= 15 is 0 Å². The second-order valence-corrected chi connectivity index (χ2v) is 4.86. The van der Waals surface area contributed by atoms with Crippen molar-refractivity contribution >= 4 is 0 Å². The number of nitrogens with zero attached hydrogens (tertiary/aromatic N) is 2. The number of aliphatic hydroxyl groups is 1. The predicted octanol–water partition coefficient (Wildman–Crippen LogP) is 2.76. The lowest BCUT2D eigenvalue weighted by molar-refractivity contribution is 0.0998. The number of aryl methyl sites for hydroxylation is 1. The van der Waals surface area contributed by atoms with Crippen LogP contribution in [-0.2, 0) is 6.54 Å². The summed E-state index contributed by atoms with van der Waals surface area (Å²) in [4.78, 5) is 0. The van der Waals surface area contributed by atoms with E-state index in [0.29, 0.717) is 5.92 Å². The van der Waals surface area contributed by atoms with Crippen LogP contribution in [0.15, 0.2) is 12.3 Å². The van der Waals surface area contributed by atoms with E-state index in [1.807, 2.05) is 10.7 Å². The molecule has 3 atom stereocenters.